The van der Waals surface area contributed by atoms with E-state index in [-0.39, 0.29) is 17.3 Å². The maximum absolute atomic E-state index is 13.5. The van der Waals surface area contributed by atoms with Crippen LogP contribution in [0, 0.1) is 0 Å². The first-order valence-electron chi connectivity index (χ1n) is 10.8. The first-order chi connectivity index (χ1) is 16.4. The fourth-order valence-corrected chi connectivity index (χ4v) is 5.83. The summed E-state index contributed by atoms with van der Waals surface area (Å²) in [5.74, 6) is -0.460. The Bertz CT molecular complexity index is 1370. The van der Waals surface area contributed by atoms with Gasteiger partial charge in [0.05, 0.1) is 29.9 Å². The molecule has 0 saturated heterocycles. The number of para-hydroxylation sites is 2. The molecule has 0 radical (unpaired) electrons. The number of carbonyl (C=O) groups is 2. The molecule has 2 aliphatic heterocycles. The minimum Gasteiger partial charge on any atom is -0.475 e. The van der Waals surface area contributed by atoms with Crippen LogP contribution >= 0.6 is 0 Å². The average Bonchev–Trinajstić information content (AvgIpc) is 3.32. The van der Waals surface area contributed by atoms with Crippen LogP contribution in [-0.4, -0.2) is 46.6 Å². The molecule has 0 spiro atoms. The van der Waals surface area contributed by atoms with Gasteiger partial charge in [0.15, 0.2) is 0 Å². The third-order valence-electron chi connectivity index (χ3n) is 5.99. The third-order valence-corrected chi connectivity index (χ3v) is 7.82. The van der Waals surface area contributed by atoms with Crippen LogP contribution in [0.15, 0.2) is 77.7 Å². The van der Waals surface area contributed by atoms with Crippen molar-refractivity contribution in [1.29, 1.82) is 0 Å². The second-order valence-corrected chi connectivity index (χ2v) is 9.86. The summed E-state index contributed by atoms with van der Waals surface area (Å²) in [6, 6.07) is 20.3. The molecule has 0 aromatic heterocycles. The number of anilines is 2. The van der Waals surface area contributed by atoms with Crippen LogP contribution in [0.3, 0.4) is 0 Å². The van der Waals surface area contributed by atoms with Gasteiger partial charge in [0, 0.05) is 12.1 Å². The van der Waals surface area contributed by atoms with Crippen molar-refractivity contribution in [2.75, 3.05) is 29.4 Å². The van der Waals surface area contributed by atoms with Gasteiger partial charge in [-0.1, -0.05) is 30.3 Å². The third kappa shape index (κ3) is 3.67. The molecule has 0 bridgehead atoms. The maximum atomic E-state index is 13.5. The molecule has 34 heavy (non-hydrogen) atoms. The zero-order chi connectivity index (χ0) is 23.9. The Morgan fingerprint density at radius 1 is 0.971 bits per heavy atom. The normalized spacial score (nSPS) is 16.9. The van der Waals surface area contributed by atoms with Gasteiger partial charge < -0.3 is 14.4 Å². The Morgan fingerprint density at radius 2 is 1.71 bits per heavy atom. The summed E-state index contributed by atoms with van der Waals surface area (Å²) in [6.07, 6.45) is -0.447. The first-order valence-corrected chi connectivity index (χ1v) is 12.2. The molecule has 1 amide bonds. The zero-order valence-electron chi connectivity index (χ0n) is 18.4. The predicted octanol–water partition coefficient (Wildman–Crippen LogP) is 3.02. The Kier molecular flexibility index (Phi) is 5.49. The lowest BCUT2D eigenvalue weighted by atomic mass is 10.1. The van der Waals surface area contributed by atoms with Crippen molar-refractivity contribution in [1.82, 2.24) is 0 Å². The van der Waals surface area contributed by atoms with Crippen molar-refractivity contribution < 1.29 is 27.5 Å². The zero-order valence-corrected chi connectivity index (χ0v) is 19.2. The van der Waals surface area contributed by atoms with E-state index in [1.165, 1.54) is 16.3 Å². The van der Waals surface area contributed by atoms with Crippen LogP contribution in [-0.2, 0) is 26.0 Å². The van der Waals surface area contributed by atoms with Crippen LogP contribution in [0.25, 0.3) is 0 Å². The van der Waals surface area contributed by atoms with Crippen LogP contribution in [0.2, 0.25) is 0 Å². The average molecular weight is 479 g/mol. The molecule has 174 valence electrons. The highest BCUT2D eigenvalue weighted by atomic mass is 32.2. The van der Waals surface area contributed by atoms with Crippen LogP contribution in [0.1, 0.15) is 15.9 Å². The van der Waals surface area contributed by atoms with Gasteiger partial charge in [-0.05, 0) is 54.4 Å². The van der Waals surface area contributed by atoms with E-state index in [0.29, 0.717) is 35.7 Å². The fraction of sp³-hybridized carbons (Fsp3) is 0.200. The second kappa shape index (κ2) is 8.49. The molecule has 0 unspecified atom stereocenters. The number of hydrogen-bond acceptors (Lipinski definition) is 6. The number of benzene rings is 3. The van der Waals surface area contributed by atoms with Crippen molar-refractivity contribution >= 4 is 33.3 Å². The molecule has 1 atom stereocenters. The van der Waals surface area contributed by atoms with Gasteiger partial charge in [-0.2, -0.15) is 0 Å². The minimum atomic E-state index is -3.70. The molecule has 0 fully saturated rings. The van der Waals surface area contributed by atoms with Crippen molar-refractivity contribution in [2.45, 2.75) is 17.4 Å². The highest BCUT2D eigenvalue weighted by molar-refractivity contribution is 7.92. The monoisotopic (exact) mass is 478 g/mol. The van der Waals surface area contributed by atoms with Crippen molar-refractivity contribution in [3.63, 3.8) is 0 Å². The van der Waals surface area contributed by atoms with Gasteiger partial charge in [0.25, 0.3) is 15.9 Å². The Morgan fingerprint density at radius 3 is 2.47 bits per heavy atom. The van der Waals surface area contributed by atoms with Gasteiger partial charge in [0.2, 0.25) is 6.10 Å². The summed E-state index contributed by atoms with van der Waals surface area (Å²) in [7, 11) is -2.42. The lowest BCUT2D eigenvalue weighted by Gasteiger charge is -2.33. The Labute approximate surface area is 197 Å². The van der Waals surface area contributed by atoms with Gasteiger partial charge in [0.1, 0.15) is 5.75 Å². The number of nitrogens with zero attached hydrogens (tertiary/aromatic N) is 2. The molecular formula is C25H22N2O6S. The molecule has 3 aromatic rings. The molecule has 9 heteroatoms. The number of ether oxygens (including phenoxy) is 2. The molecule has 8 nitrogen and oxygen atoms in total. The summed E-state index contributed by atoms with van der Waals surface area (Å²) in [5.41, 5.74) is 2.30. The number of carbonyl (C=O) groups excluding carboxylic acids is 2. The number of hydrogen-bond donors (Lipinski definition) is 0. The smallest absolute Gasteiger partial charge is 0.348 e. The van der Waals surface area contributed by atoms with E-state index in [0.717, 1.165) is 5.56 Å². The summed E-state index contributed by atoms with van der Waals surface area (Å²) >= 11 is 0. The molecule has 0 N–H and O–H groups in total. The number of fused-ring (bicyclic) bond motifs is 2. The molecule has 2 aliphatic rings. The molecule has 5 rings (SSSR count). The summed E-state index contributed by atoms with van der Waals surface area (Å²) in [6.45, 7) is 0.309. The standard InChI is InChI=1S/C25H22N2O6S/c1-32-25(29)23-16-26(21-9-5-6-10-22(21)33-23)24(28)18-11-12-20-17(15-18)13-14-27(20)34(30,31)19-7-3-2-4-8-19/h2-12,15,23H,13-14,16H2,1H3/t23-/m0/s1. The minimum absolute atomic E-state index is 0.00805. The SMILES string of the molecule is COC(=O)[C@@H]1CN(C(=O)c2ccc3c(c2)CCN3S(=O)(=O)c2ccccc2)c2ccccc2O1. The largest absolute Gasteiger partial charge is 0.475 e. The lowest BCUT2D eigenvalue weighted by molar-refractivity contribution is -0.148. The highest BCUT2D eigenvalue weighted by Crippen LogP contribution is 2.37. The van der Waals surface area contributed by atoms with E-state index in [4.69, 9.17) is 9.47 Å². The molecular weight excluding hydrogens is 456 g/mol. The van der Waals surface area contributed by atoms with Gasteiger partial charge in [-0.25, -0.2) is 13.2 Å². The quantitative estimate of drug-likeness (QED) is 0.535. The number of esters is 1. The van der Waals surface area contributed by atoms with Gasteiger partial charge in [-0.3, -0.25) is 9.10 Å². The van der Waals surface area contributed by atoms with E-state index < -0.39 is 22.1 Å². The lowest BCUT2D eigenvalue weighted by Crippen LogP contribution is -2.47. The fourth-order valence-electron chi connectivity index (χ4n) is 4.31. The first kappa shape index (κ1) is 22.0. The van der Waals surface area contributed by atoms with E-state index in [1.54, 1.807) is 72.8 Å². The summed E-state index contributed by atoms with van der Waals surface area (Å²) < 4.78 is 38.2. The molecule has 2 heterocycles. The predicted molar refractivity (Wildman–Crippen MR) is 126 cm³/mol. The van der Waals surface area contributed by atoms with E-state index >= 15 is 0 Å². The number of rotatable bonds is 4. The summed E-state index contributed by atoms with van der Waals surface area (Å²) in [5, 5.41) is 0. The van der Waals surface area contributed by atoms with E-state index in [9.17, 15) is 18.0 Å². The second-order valence-electron chi connectivity index (χ2n) is 8.00. The van der Waals surface area contributed by atoms with E-state index in [1.807, 2.05) is 0 Å². The number of methoxy groups -OCH3 is 1. The van der Waals surface area contributed by atoms with Crippen LogP contribution < -0.4 is 13.9 Å². The van der Waals surface area contributed by atoms with Gasteiger partial charge >= 0.3 is 5.97 Å². The Balaban J connectivity index is 1.46. The Hall–Kier alpha value is -3.85. The number of sulfonamides is 1. The van der Waals surface area contributed by atoms with Crippen LogP contribution in [0.5, 0.6) is 5.75 Å². The van der Waals surface area contributed by atoms with Crippen molar-refractivity contribution in [2.24, 2.45) is 0 Å². The van der Waals surface area contributed by atoms with E-state index in [2.05, 4.69) is 0 Å². The summed E-state index contributed by atoms with van der Waals surface area (Å²) in [4.78, 5) is 27.4. The van der Waals surface area contributed by atoms with Crippen LogP contribution in [0.4, 0.5) is 11.4 Å². The number of amides is 1. The molecule has 0 saturated carbocycles. The maximum Gasteiger partial charge on any atom is 0.348 e. The highest BCUT2D eigenvalue weighted by Gasteiger charge is 2.36. The van der Waals surface area contributed by atoms with Crippen molar-refractivity contribution in [3.8, 4) is 5.75 Å². The van der Waals surface area contributed by atoms with Crippen molar-refractivity contribution in [3.05, 3.63) is 83.9 Å². The molecule has 0 aliphatic carbocycles. The topological polar surface area (TPSA) is 93.2 Å². The molecule has 3 aromatic carbocycles. The van der Waals surface area contributed by atoms with Gasteiger partial charge in [-0.15, -0.1) is 0 Å².